The number of carbonyl (C=O) groups is 1. The summed E-state index contributed by atoms with van der Waals surface area (Å²) < 4.78 is 5.47. The van der Waals surface area contributed by atoms with Crippen molar-refractivity contribution in [1.29, 1.82) is 0 Å². The Morgan fingerprint density at radius 2 is 2.11 bits per heavy atom. The van der Waals surface area contributed by atoms with E-state index in [-0.39, 0.29) is 12.0 Å². The number of aryl methyl sites for hydroxylation is 2. The van der Waals surface area contributed by atoms with E-state index in [1.54, 1.807) is 0 Å². The van der Waals surface area contributed by atoms with Crippen molar-refractivity contribution in [2.45, 2.75) is 32.8 Å². The number of nitrogens with one attached hydrogen (secondary N) is 2. The van der Waals surface area contributed by atoms with Crippen LogP contribution in [0.5, 0.6) is 0 Å². The van der Waals surface area contributed by atoms with E-state index in [1.165, 1.54) is 0 Å². The second-order valence-electron chi connectivity index (χ2n) is 5.06. The summed E-state index contributed by atoms with van der Waals surface area (Å²) in [5, 5.41) is 6.11. The van der Waals surface area contributed by atoms with Gasteiger partial charge in [-0.25, -0.2) is 0 Å². The minimum Gasteiger partial charge on any atom is -0.376 e. The first-order chi connectivity index (χ1) is 9.16. The molecule has 0 spiro atoms. The summed E-state index contributed by atoms with van der Waals surface area (Å²) >= 11 is 0. The normalized spacial score (nSPS) is 18.3. The second kappa shape index (κ2) is 6.57. The number of para-hydroxylation sites is 1. The molecule has 1 atom stereocenters. The number of hydrogen-bond acceptors (Lipinski definition) is 3. The van der Waals surface area contributed by atoms with E-state index in [0.717, 1.165) is 36.3 Å². The molecular weight excluding hydrogens is 240 g/mol. The third-order valence-electron chi connectivity index (χ3n) is 3.46. The van der Waals surface area contributed by atoms with Crippen LogP contribution in [0.4, 0.5) is 5.69 Å². The fourth-order valence-corrected chi connectivity index (χ4v) is 2.36. The number of hydrogen-bond donors (Lipinski definition) is 2. The van der Waals surface area contributed by atoms with Crippen LogP contribution in [0.15, 0.2) is 18.2 Å². The van der Waals surface area contributed by atoms with Gasteiger partial charge >= 0.3 is 0 Å². The van der Waals surface area contributed by atoms with Crippen molar-refractivity contribution < 1.29 is 9.53 Å². The number of ether oxygens (including phenoxy) is 1. The molecule has 0 radical (unpaired) electrons. The van der Waals surface area contributed by atoms with Crippen molar-refractivity contribution in [2.75, 3.05) is 25.0 Å². The molecule has 1 saturated heterocycles. The second-order valence-corrected chi connectivity index (χ2v) is 5.06. The first kappa shape index (κ1) is 13.9. The van der Waals surface area contributed by atoms with E-state index < -0.39 is 0 Å². The molecule has 1 aliphatic rings. The Balaban J connectivity index is 1.76. The number of anilines is 1. The molecule has 1 amide bonds. The highest BCUT2D eigenvalue weighted by molar-refractivity contribution is 5.81. The van der Waals surface area contributed by atoms with Crippen molar-refractivity contribution >= 4 is 11.6 Å². The van der Waals surface area contributed by atoms with Crippen molar-refractivity contribution in [2.24, 2.45) is 0 Å². The Labute approximate surface area is 114 Å². The van der Waals surface area contributed by atoms with Crippen molar-refractivity contribution in [3.8, 4) is 0 Å². The van der Waals surface area contributed by atoms with Gasteiger partial charge in [-0.05, 0) is 37.8 Å². The molecule has 1 unspecified atom stereocenters. The third-order valence-corrected chi connectivity index (χ3v) is 3.46. The summed E-state index contributed by atoms with van der Waals surface area (Å²) in [6, 6.07) is 6.10. The number of rotatable bonds is 5. The number of carbonyl (C=O) groups excluding carboxylic acids is 1. The van der Waals surface area contributed by atoms with E-state index in [0.29, 0.717) is 13.1 Å². The van der Waals surface area contributed by atoms with Crippen LogP contribution in [-0.2, 0) is 9.53 Å². The summed E-state index contributed by atoms with van der Waals surface area (Å²) in [6.45, 7) is 5.83. The van der Waals surface area contributed by atoms with E-state index >= 15 is 0 Å². The maximum Gasteiger partial charge on any atom is 0.239 e. The summed E-state index contributed by atoms with van der Waals surface area (Å²) in [6.07, 6.45) is 2.34. The number of benzene rings is 1. The van der Waals surface area contributed by atoms with Crippen LogP contribution in [0.1, 0.15) is 24.0 Å². The molecule has 0 aromatic heterocycles. The van der Waals surface area contributed by atoms with Crippen molar-refractivity contribution in [3.05, 3.63) is 29.3 Å². The minimum absolute atomic E-state index is 0.0122. The van der Waals surface area contributed by atoms with Crippen LogP contribution in [0, 0.1) is 13.8 Å². The van der Waals surface area contributed by atoms with Gasteiger partial charge in [0.15, 0.2) is 0 Å². The van der Waals surface area contributed by atoms with Crippen LogP contribution >= 0.6 is 0 Å². The SMILES string of the molecule is Cc1cccc(C)c1NCC(=O)NCC1CCCO1. The van der Waals surface area contributed by atoms with E-state index in [2.05, 4.69) is 10.6 Å². The Morgan fingerprint density at radius 1 is 1.37 bits per heavy atom. The zero-order valence-electron chi connectivity index (χ0n) is 11.7. The molecule has 4 heteroatoms. The van der Waals surface area contributed by atoms with Gasteiger partial charge in [-0.2, -0.15) is 0 Å². The molecule has 1 aromatic rings. The molecule has 2 rings (SSSR count). The monoisotopic (exact) mass is 262 g/mol. The third kappa shape index (κ3) is 3.96. The van der Waals surface area contributed by atoms with Crippen LogP contribution in [0.2, 0.25) is 0 Å². The first-order valence-corrected chi connectivity index (χ1v) is 6.85. The van der Waals surface area contributed by atoms with Crippen LogP contribution < -0.4 is 10.6 Å². The molecule has 0 bridgehead atoms. The predicted octanol–water partition coefficient (Wildman–Crippen LogP) is 2.01. The summed E-state index contributed by atoms with van der Waals surface area (Å²) in [5.74, 6) is 0.0122. The van der Waals surface area contributed by atoms with Crippen LogP contribution in [0.25, 0.3) is 0 Å². The van der Waals surface area contributed by atoms with Gasteiger partial charge in [0.25, 0.3) is 0 Å². The molecule has 0 aliphatic carbocycles. The lowest BCUT2D eigenvalue weighted by atomic mass is 10.1. The largest absolute Gasteiger partial charge is 0.376 e. The highest BCUT2D eigenvalue weighted by Gasteiger charge is 2.16. The molecular formula is C15H22N2O2. The van der Waals surface area contributed by atoms with E-state index in [1.807, 2.05) is 32.0 Å². The van der Waals surface area contributed by atoms with Gasteiger partial charge in [0.2, 0.25) is 5.91 Å². The molecule has 4 nitrogen and oxygen atoms in total. The fourth-order valence-electron chi connectivity index (χ4n) is 2.36. The Morgan fingerprint density at radius 3 is 2.74 bits per heavy atom. The molecule has 19 heavy (non-hydrogen) atoms. The Kier molecular flexibility index (Phi) is 4.80. The van der Waals surface area contributed by atoms with Gasteiger partial charge in [0.05, 0.1) is 12.6 Å². The zero-order chi connectivity index (χ0) is 13.7. The maximum atomic E-state index is 11.8. The minimum atomic E-state index is 0.0122. The van der Waals surface area contributed by atoms with Gasteiger partial charge in [-0.1, -0.05) is 18.2 Å². The molecule has 0 saturated carbocycles. The van der Waals surface area contributed by atoms with Gasteiger partial charge in [-0.3, -0.25) is 4.79 Å². The molecule has 2 N–H and O–H groups in total. The lowest BCUT2D eigenvalue weighted by Crippen LogP contribution is -2.35. The molecule has 1 aliphatic heterocycles. The van der Waals surface area contributed by atoms with Gasteiger partial charge in [0.1, 0.15) is 0 Å². The summed E-state index contributed by atoms with van der Waals surface area (Å²) in [5.41, 5.74) is 3.37. The molecule has 1 fully saturated rings. The summed E-state index contributed by atoms with van der Waals surface area (Å²) in [7, 11) is 0. The Bertz CT molecular complexity index is 420. The maximum absolute atomic E-state index is 11.8. The standard InChI is InChI=1S/C15H22N2O2/c1-11-5-3-6-12(2)15(11)17-10-14(18)16-9-13-7-4-8-19-13/h3,5-6,13,17H,4,7-10H2,1-2H3,(H,16,18). The van der Waals surface area contributed by atoms with E-state index in [9.17, 15) is 4.79 Å². The Hall–Kier alpha value is -1.55. The fraction of sp³-hybridized carbons (Fsp3) is 0.533. The lowest BCUT2D eigenvalue weighted by Gasteiger charge is -2.14. The van der Waals surface area contributed by atoms with Crippen LogP contribution in [0.3, 0.4) is 0 Å². The van der Waals surface area contributed by atoms with Crippen LogP contribution in [-0.4, -0.2) is 31.7 Å². The average molecular weight is 262 g/mol. The van der Waals surface area contributed by atoms with Gasteiger partial charge in [-0.15, -0.1) is 0 Å². The highest BCUT2D eigenvalue weighted by atomic mass is 16.5. The zero-order valence-corrected chi connectivity index (χ0v) is 11.7. The smallest absolute Gasteiger partial charge is 0.239 e. The highest BCUT2D eigenvalue weighted by Crippen LogP contribution is 2.18. The van der Waals surface area contributed by atoms with Gasteiger partial charge in [0, 0.05) is 18.8 Å². The lowest BCUT2D eigenvalue weighted by molar-refractivity contribution is -0.119. The number of amides is 1. The van der Waals surface area contributed by atoms with Crippen molar-refractivity contribution in [1.82, 2.24) is 5.32 Å². The topological polar surface area (TPSA) is 50.4 Å². The average Bonchev–Trinajstić information content (AvgIpc) is 2.89. The van der Waals surface area contributed by atoms with E-state index in [4.69, 9.17) is 4.74 Å². The quantitative estimate of drug-likeness (QED) is 0.853. The first-order valence-electron chi connectivity index (χ1n) is 6.85. The molecule has 1 aromatic carbocycles. The summed E-state index contributed by atoms with van der Waals surface area (Å²) in [4.78, 5) is 11.8. The van der Waals surface area contributed by atoms with Gasteiger partial charge < -0.3 is 15.4 Å². The van der Waals surface area contributed by atoms with Crippen molar-refractivity contribution in [3.63, 3.8) is 0 Å². The molecule has 1 heterocycles. The molecule has 104 valence electrons. The predicted molar refractivity (Wildman–Crippen MR) is 76.4 cm³/mol.